The summed E-state index contributed by atoms with van der Waals surface area (Å²) >= 11 is 0. The van der Waals surface area contributed by atoms with Gasteiger partial charge in [0.1, 0.15) is 11.8 Å². The van der Waals surface area contributed by atoms with E-state index in [0.717, 1.165) is 17.0 Å². The maximum Gasteiger partial charge on any atom is 0.262 e. The third kappa shape index (κ3) is 4.59. The molecule has 5 nitrogen and oxygen atoms in total. The minimum Gasteiger partial charge on any atom is -0.495 e. The van der Waals surface area contributed by atoms with Crippen molar-refractivity contribution < 1.29 is 9.53 Å². The van der Waals surface area contributed by atoms with Gasteiger partial charge in [-0.05, 0) is 38.5 Å². The van der Waals surface area contributed by atoms with Crippen LogP contribution in [-0.4, -0.2) is 24.8 Å². The minimum absolute atomic E-state index is 0.215. The van der Waals surface area contributed by atoms with Crippen LogP contribution in [0.5, 0.6) is 5.75 Å². The first-order chi connectivity index (χ1) is 11.5. The van der Waals surface area contributed by atoms with Crippen molar-refractivity contribution in [2.45, 2.75) is 26.8 Å². The normalized spacial score (nSPS) is 12.4. The first-order valence-corrected chi connectivity index (χ1v) is 7.82. The zero-order chi connectivity index (χ0) is 17.5. The molecular weight excluding hydrogens is 302 g/mol. The predicted octanol–water partition coefficient (Wildman–Crippen LogP) is 3.34. The maximum absolute atomic E-state index is 12.2. The van der Waals surface area contributed by atoms with Crippen LogP contribution in [0.25, 0.3) is 0 Å². The van der Waals surface area contributed by atoms with Crippen molar-refractivity contribution in [3.63, 3.8) is 0 Å². The predicted molar refractivity (Wildman–Crippen MR) is 97.6 cm³/mol. The Balaban J connectivity index is 1.98. The van der Waals surface area contributed by atoms with Crippen LogP contribution in [0.3, 0.4) is 0 Å². The highest BCUT2D eigenvalue weighted by molar-refractivity contribution is 5.99. The lowest BCUT2D eigenvalue weighted by molar-refractivity contribution is -0.121. The van der Waals surface area contributed by atoms with Crippen molar-refractivity contribution in [2.75, 3.05) is 12.4 Å². The zero-order valence-corrected chi connectivity index (χ0v) is 14.5. The molecule has 0 fully saturated rings. The molecule has 0 saturated heterocycles. The van der Waals surface area contributed by atoms with Gasteiger partial charge in [0, 0.05) is 0 Å². The highest BCUT2D eigenvalue weighted by Gasteiger charge is 2.14. The topological polar surface area (TPSA) is 62.7 Å². The molecule has 0 spiro atoms. The van der Waals surface area contributed by atoms with Crippen molar-refractivity contribution in [1.82, 2.24) is 5.43 Å². The molecule has 24 heavy (non-hydrogen) atoms. The van der Waals surface area contributed by atoms with Gasteiger partial charge in [-0.3, -0.25) is 4.79 Å². The number of ether oxygens (including phenoxy) is 1. The number of hydrazone groups is 1. The largest absolute Gasteiger partial charge is 0.495 e. The summed E-state index contributed by atoms with van der Waals surface area (Å²) in [6.45, 7) is 5.67. The van der Waals surface area contributed by atoms with Gasteiger partial charge in [-0.15, -0.1) is 0 Å². The maximum atomic E-state index is 12.2. The van der Waals surface area contributed by atoms with Crippen molar-refractivity contribution in [1.29, 1.82) is 0 Å². The van der Waals surface area contributed by atoms with E-state index < -0.39 is 6.04 Å². The number of methoxy groups -OCH3 is 1. The van der Waals surface area contributed by atoms with Crippen molar-refractivity contribution in [3.05, 3.63) is 59.7 Å². The summed E-state index contributed by atoms with van der Waals surface area (Å²) in [5.74, 6) is 0.476. The number of nitrogens with one attached hydrogen (secondary N) is 2. The second kappa shape index (κ2) is 8.15. The van der Waals surface area contributed by atoms with E-state index in [1.54, 1.807) is 14.0 Å². The highest BCUT2D eigenvalue weighted by Crippen LogP contribution is 2.23. The van der Waals surface area contributed by atoms with Crippen LogP contribution in [0, 0.1) is 6.92 Å². The third-order valence-electron chi connectivity index (χ3n) is 3.68. The van der Waals surface area contributed by atoms with Gasteiger partial charge in [-0.25, -0.2) is 5.43 Å². The number of amides is 1. The number of para-hydroxylation sites is 2. The summed E-state index contributed by atoms with van der Waals surface area (Å²) < 4.78 is 5.27. The molecule has 0 heterocycles. The molecule has 2 aromatic rings. The van der Waals surface area contributed by atoms with Crippen molar-refractivity contribution >= 4 is 17.3 Å². The third-order valence-corrected chi connectivity index (χ3v) is 3.68. The number of carbonyl (C=O) groups excluding carboxylic acids is 1. The number of hydrogen-bond acceptors (Lipinski definition) is 4. The average Bonchev–Trinajstić information content (AvgIpc) is 2.60. The standard InChI is InChI=1S/C19H23N3O2/c1-13-9-11-16(12-10-13)14(2)21-22-19(23)15(3)20-17-7-5-6-8-18(17)24-4/h5-12,15,20H,1-4H3,(H,22,23). The van der Waals surface area contributed by atoms with Crippen LogP contribution in [0.1, 0.15) is 25.0 Å². The monoisotopic (exact) mass is 325 g/mol. The molecule has 2 aromatic carbocycles. The van der Waals surface area contributed by atoms with Gasteiger partial charge in [-0.2, -0.15) is 5.10 Å². The summed E-state index contributed by atoms with van der Waals surface area (Å²) in [5.41, 5.74) is 6.29. The Morgan fingerprint density at radius 3 is 2.46 bits per heavy atom. The van der Waals surface area contributed by atoms with Gasteiger partial charge in [0.25, 0.3) is 5.91 Å². The minimum atomic E-state index is -0.448. The molecule has 1 unspecified atom stereocenters. The number of nitrogens with zero attached hydrogens (tertiary/aromatic N) is 1. The summed E-state index contributed by atoms with van der Waals surface area (Å²) in [5, 5.41) is 7.30. The average molecular weight is 325 g/mol. The van der Waals surface area contributed by atoms with Crippen LogP contribution in [0.15, 0.2) is 53.6 Å². The van der Waals surface area contributed by atoms with E-state index in [1.165, 1.54) is 5.56 Å². The second-order valence-corrected chi connectivity index (χ2v) is 5.61. The molecule has 5 heteroatoms. The van der Waals surface area contributed by atoms with Gasteiger partial charge < -0.3 is 10.1 Å². The van der Waals surface area contributed by atoms with Crippen molar-refractivity contribution in [3.8, 4) is 5.75 Å². The molecule has 0 aliphatic carbocycles. The fourth-order valence-electron chi connectivity index (χ4n) is 2.16. The zero-order valence-electron chi connectivity index (χ0n) is 14.5. The van der Waals surface area contributed by atoms with Crippen LogP contribution >= 0.6 is 0 Å². The quantitative estimate of drug-likeness (QED) is 0.632. The van der Waals surface area contributed by atoms with Gasteiger partial charge in [-0.1, -0.05) is 42.0 Å². The van der Waals surface area contributed by atoms with Gasteiger partial charge in [0.05, 0.1) is 18.5 Å². The molecule has 0 aliphatic rings. The first-order valence-electron chi connectivity index (χ1n) is 7.82. The Hall–Kier alpha value is -2.82. The van der Waals surface area contributed by atoms with Crippen LogP contribution in [0.2, 0.25) is 0 Å². The molecule has 126 valence electrons. The SMILES string of the molecule is COc1ccccc1NC(C)C(=O)NN=C(C)c1ccc(C)cc1. The summed E-state index contributed by atoms with van der Waals surface area (Å²) in [4.78, 5) is 12.2. The summed E-state index contributed by atoms with van der Waals surface area (Å²) in [6.07, 6.45) is 0. The van der Waals surface area contributed by atoms with Crippen molar-refractivity contribution in [2.24, 2.45) is 5.10 Å². The summed E-state index contributed by atoms with van der Waals surface area (Å²) in [6, 6.07) is 15.0. The Morgan fingerprint density at radius 1 is 1.12 bits per heavy atom. The Morgan fingerprint density at radius 2 is 1.79 bits per heavy atom. The first kappa shape index (κ1) is 17.5. The lowest BCUT2D eigenvalue weighted by Crippen LogP contribution is -2.35. The molecule has 1 amide bonds. The second-order valence-electron chi connectivity index (χ2n) is 5.61. The highest BCUT2D eigenvalue weighted by atomic mass is 16.5. The van der Waals surface area contributed by atoms with E-state index in [9.17, 15) is 4.79 Å². The number of rotatable bonds is 6. The Labute approximate surface area is 142 Å². The van der Waals surface area contributed by atoms with E-state index in [-0.39, 0.29) is 5.91 Å². The van der Waals surface area contributed by atoms with Gasteiger partial charge in [0.2, 0.25) is 0 Å². The fraction of sp³-hybridized carbons (Fsp3) is 0.263. The van der Waals surface area contributed by atoms with E-state index in [4.69, 9.17) is 4.74 Å². The Bertz CT molecular complexity index is 724. The molecule has 0 saturated carbocycles. The van der Waals surface area contributed by atoms with E-state index in [2.05, 4.69) is 15.8 Å². The smallest absolute Gasteiger partial charge is 0.262 e. The molecule has 2 rings (SSSR count). The number of benzene rings is 2. The summed E-state index contributed by atoms with van der Waals surface area (Å²) in [7, 11) is 1.60. The molecule has 0 aliphatic heterocycles. The number of carbonyl (C=O) groups is 1. The lowest BCUT2D eigenvalue weighted by Gasteiger charge is -2.16. The van der Waals surface area contributed by atoms with E-state index in [0.29, 0.717) is 5.75 Å². The van der Waals surface area contributed by atoms with Gasteiger partial charge in [0.15, 0.2) is 0 Å². The molecule has 0 bridgehead atoms. The van der Waals surface area contributed by atoms with Crippen LogP contribution in [0.4, 0.5) is 5.69 Å². The van der Waals surface area contributed by atoms with E-state index in [1.807, 2.05) is 62.4 Å². The molecule has 1 atom stereocenters. The lowest BCUT2D eigenvalue weighted by atomic mass is 10.1. The number of aryl methyl sites for hydroxylation is 1. The fourth-order valence-corrected chi connectivity index (χ4v) is 2.16. The van der Waals surface area contributed by atoms with Crippen LogP contribution in [-0.2, 0) is 4.79 Å². The number of anilines is 1. The van der Waals surface area contributed by atoms with Gasteiger partial charge >= 0.3 is 0 Å². The molecule has 0 radical (unpaired) electrons. The molecular formula is C19H23N3O2. The molecule has 2 N–H and O–H groups in total. The van der Waals surface area contributed by atoms with E-state index >= 15 is 0 Å². The van der Waals surface area contributed by atoms with Crippen LogP contribution < -0.4 is 15.5 Å². The molecule has 0 aromatic heterocycles. The number of hydrogen-bond donors (Lipinski definition) is 2. The Kier molecular flexibility index (Phi) is 5.95.